The Morgan fingerprint density at radius 3 is 2.67 bits per heavy atom. The molecule has 0 aliphatic carbocycles. The Kier molecular flexibility index (Phi) is 3.67. The summed E-state index contributed by atoms with van der Waals surface area (Å²) in [6.45, 7) is 1.86. The molecular weight excluding hydrogens is 315 g/mol. The number of alkyl halides is 3. The van der Waals surface area contributed by atoms with E-state index in [-0.39, 0.29) is 0 Å². The lowest BCUT2D eigenvalue weighted by Gasteiger charge is -2.28. The minimum absolute atomic E-state index is 0.407. The van der Waals surface area contributed by atoms with E-state index in [1.165, 1.54) is 12.8 Å². The maximum Gasteiger partial charge on any atom is 0.416 e. The van der Waals surface area contributed by atoms with Gasteiger partial charge in [-0.3, -0.25) is 9.88 Å². The van der Waals surface area contributed by atoms with Gasteiger partial charge in [0, 0.05) is 42.4 Å². The van der Waals surface area contributed by atoms with Crippen LogP contribution >= 0.6 is 0 Å². The van der Waals surface area contributed by atoms with Gasteiger partial charge in [0.25, 0.3) is 0 Å². The van der Waals surface area contributed by atoms with E-state index in [4.69, 9.17) is 0 Å². The second-order valence-corrected chi connectivity index (χ2v) is 6.84. The van der Waals surface area contributed by atoms with Crippen molar-refractivity contribution in [2.24, 2.45) is 0 Å². The Bertz CT molecular complexity index is 759. The second-order valence-electron chi connectivity index (χ2n) is 6.84. The van der Waals surface area contributed by atoms with Crippen molar-refractivity contribution < 1.29 is 13.2 Å². The predicted molar refractivity (Wildman–Crippen MR) is 88.1 cm³/mol. The highest BCUT2D eigenvalue weighted by Gasteiger charge is 2.35. The Hall–Kier alpha value is -1.82. The molecule has 2 saturated heterocycles. The summed E-state index contributed by atoms with van der Waals surface area (Å²) in [5.41, 5.74) is 0.758. The summed E-state index contributed by atoms with van der Waals surface area (Å²) in [7, 11) is 2.19. The molecule has 128 valence electrons. The van der Waals surface area contributed by atoms with E-state index in [0.717, 1.165) is 42.7 Å². The fraction of sp³-hybridized carbons (Fsp3) is 0.500. The molecule has 2 bridgehead atoms. The van der Waals surface area contributed by atoms with Gasteiger partial charge in [0.05, 0.1) is 11.1 Å². The summed E-state index contributed by atoms with van der Waals surface area (Å²) < 4.78 is 38.8. The predicted octanol–water partition coefficient (Wildman–Crippen LogP) is 3.93. The van der Waals surface area contributed by atoms with E-state index in [1.54, 1.807) is 12.3 Å². The average Bonchev–Trinajstić information content (AvgIpc) is 2.78. The first-order valence-corrected chi connectivity index (χ1v) is 8.36. The maximum absolute atomic E-state index is 12.9. The van der Waals surface area contributed by atoms with Crippen molar-refractivity contribution in [3.8, 4) is 0 Å². The number of fused-ring (bicyclic) bond motifs is 3. The van der Waals surface area contributed by atoms with E-state index in [2.05, 4.69) is 21.8 Å². The molecule has 3 nitrogen and oxygen atoms in total. The zero-order chi connectivity index (χ0) is 16.9. The van der Waals surface area contributed by atoms with Crippen LogP contribution in [-0.2, 0) is 6.18 Å². The van der Waals surface area contributed by atoms with Gasteiger partial charge >= 0.3 is 6.18 Å². The largest absolute Gasteiger partial charge is 0.416 e. The number of aromatic nitrogens is 1. The van der Waals surface area contributed by atoms with E-state index < -0.39 is 11.7 Å². The van der Waals surface area contributed by atoms with E-state index in [9.17, 15) is 13.2 Å². The number of hydrogen-bond donors (Lipinski definition) is 0. The van der Waals surface area contributed by atoms with Crippen LogP contribution in [0.15, 0.2) is 30.5 Å². The smallest absolute Gasteiger partial charge is 0.369 e. The summed E-state index contributed by atoms with van der Waals surface area (Å²) in [4.78, 5) is 8.94. The molecule has 2 unspecified atom stereocenters. The molecule has 0 radical (unpaired) electrons. The number of benzene rings is 1. The van der Waals surface area contributed by atoms with Crippen LogP contribution < -0.4 is 4.90 Å². The molecule has 2 fully saturated rings. The molecule has 0 spiro atoms. The second kappa shape index (κ2) is 5.62. The highest BCUT2D eigenvalue weighted by Crippen LogP contribution is 2.36. The molecule has 4 rings (SSSR count). The molecule has 1 aromatic carbocycles. The Labute approximate surface area is 139 Å². The molecule has 0 N–H and O–H groups in total. The maximum atomic E-state index is 12.9. The lowest BCUT2D eigenvalue weighted by molar-refractivity contribution is -0.137. The number of anilines is 1. The third-order valence-corrected chi connectivity index (χ3v) is 5.54. The highest BCUT2D eigenvalue weighted by atomic mass is 19.4. The zero-order valence-electron chi connectivity index (χ0n) is 13.6. The fourth-order valence-electron chi connectivity index (χ4n) is 4.11. The van der Waals surface area contributed by atoms with Crippen molar-refractivity contribution in [1.82, 2.24) is 9.88 Å². The normalized spacial score (nSPS) is 25.2. The van der Waals surface area contributed by atoms with Gasteiger partial charge in [-0.1, -0.05) is 6.07 Å². The van der Waals surface area contributed by atoms with Crippen LogP contribution in [0.1, 0.15) is 24.8 Å². The number of likely N-dealkylation sites (N-methyl/N-ethyl adjacent to an activating group) is 1. The standard InChI is InChI=1S/C18H20F3N3/c1-23-13-3-4-14(23)11-24(9-7-13)17-6-8-22-16-10-12(18(19,20)21)2-5-15(16)17/h2,5-6,8,10,13-14H,3-4,7,9,11H2,1H3. The molecule has 2 aromatic rings. The molecule has 6 heteroatoms. The molecular formula is C18H20F3N3. The molecule has 0 saturated carbocycles. The van der Waals surface area contributed by atoms with Crippen molar-refractivity contribution in [1.29, 1.82) is 0 Å². The van der Waals surface area contributed by atoms with Crippen LogP contribution in [-0.4, -0.2) is 42.1 Å². The molecule has 2 aliphatic rings. The van der Waals surface area contributed by atoms with Crippen LogP contribution in [0.4, 0.5) is 18.9 Å². The van der Waals surface area contributed by atoms with Crippen molar-refractivity contribution >= 4 is 16.6 Å². The minimum Gasteiger partial charge on any atom is -0.369 e. The first-order chi connectivity index (χ1) is 11.4. The van der Waals surface area contributed by atoms with Crippen molar-refractivity contribution in [2.45, 2.75) is 37.5 Å². The molecule has 24 heavy (non-hydrogen) atoms. The average molecular weight is 335 g/mol. The van der Waals surface area contributed by atoms with Crippen LogP contribution in [0.3, 0.4) is 0 Å². The molecule has 3 heterocycles. The SMILES string of the molecule is CN1C2CCC1CN(c1ccnc3cc(C(F)(F)F)ccc13)CC2. The number of nitrogens with zero attached hydrogens (tertiary/aromatic N) is 3. The number of rotatable bonds is 1. The van der Waals surface area contributed by atoms with Crippen LogP contribution in [0.2, 0.25) is 0 Å². The van der Waals surface area contributed by atoms with Gasteiger partial charge in [-0.15, -0.1) is 0 Å². The van der Waals surface area contributed by atoms with Crippen LogP contribution in [0, 0.1) is 0 Å². The Balaban J connectivity index is 1.72. The summed E-state index contributed by atoms with van der Waals surface area (Å²) >= 11 is 0. The molecule has 0 amide bonds. The first kappa shape index (κ1) is 15.7. The molecule has 1 aromatic heterocycles. The lowest BCUT2D eigenvalue weighted by atomic mass is 10.1. The summed E-state index contributed by atoms with van der Waals surface area (Å²) in [5, 5.41) is 0.797. The first-order valence-electron chi connectivity index (χ1n) is 8.36. The van der Waals surface area contributed by atoms with Gasteiger partial charge in [-0.25, -0.2) is 0 Å². The van der Waals surface area contributed by atoms with Gasteiger partial charge in [0.1, 0.15) is 0 Å². The third kappa shape index (κ3) is 2.62. The van der Waals surface area contributed by atoms with Gasteiger partial charge in [0.2, 0.25) is 0 Å². The molecule has 2 aliphatic heterocycles. The van der Waals surface area contributed by atoms with Crippen molar-refractivity contribution in [3.05, 3.63) is 36.0 Å². The topological polar surface area (TPSA) is 19.4 Å². The minimum atomic E-state index is -4.34. The fourth-order valence-corrected chi connectivity index (χ4v) is 4.11. The zero-order valence-corrected chi connectivity index (χ0v) is 13.6. The third-order valence-electron chi connectivity index (χ3n) is 5.54. The monoisotopic (exact) mass is 335 g/mol. The number of halogens is 3. The van der Waals surface area contributed by atoms with Gasteiger partial charge < -0.3 is 4.90 Å². The lowest BCUT2D eigenvalue weighted by Crippen LogP contribution is -2.36. The van der Waals surface area contributed by atoms with Crippen LogP contribution in [0.5, 0.6) is 0 Å². The Morgan fingerprint density at radius 1 is 1.08 bits per heavy atom. The number of hydrogen-bond acceptors (Lipinski definition) is 3. The van der Waals surface area contributed by atoms with E-state index in [0.29, 0.717) is 17.6 Å². The highest BCUT2D eigenvalue weighted by molar-refractivity contribution is 5.92. The Morgan fingerprint density at radius 2 is 1.88 bits per heavy atom. The number of pyridine rings is 1. The van der Waals surface area contributed by atoms with E-state index in [1.807, 2.05) is 6.07 Å². The van der Waals surface area contributed by atoms with Crippen molar-refractivity contribution in [3.63, 3.8) is 0 Å². The van der Waals surface area contributed by atoms with Crippen molar-refractivity contribution in [2.75, 3.05) is 25.0 Å². The summed E-state index contributed by atoms with van der Waals surface area (Å²) in [5.74, 6) is 0. The van der Waals surface area contributed by atoms with Crippen LogP contribution in [0.25, 0.3) is 10.9 Å². The summed E-state index contributed by atoms with van der Waals surface area (Å²) in [6.07, 6.45) is 0.818. The van der Waals surface area contributed by atoms with E-state index >= 15 is 0 Å². The van der Waals surface area contributed by atoms with Gasteiger partial charge in [0.15, 0.2) is 0 Å². The molecule has 2 atom stereocenters. The quantitative estimate of drug-likeness (QED) is 0.787. The van der Waals surface area contributed by atoms with Gasteiger partial charge in [-0.05, 0) is 44.5 Å². The summed E-state index contributed by atoms with van der Waals surface area (Å²) in [6, 6.07) is 6.95. The van der Waals surface area contributed by atoms with Gasteiger partial charge in [-0.2, -0.15) is 13.2 Å².